The van der Waals surface area contributed by atoms with Crippen LogP contribution in [-0.2, 0) is 57.5 Å². The summed E-state index contributed by atoms with van der Waals surface area (Å²) in [6.45, 7) is 6.88. The topological polar surface area (TPSA) is 389 Å². The zero-order valence-corrected chi connectivity index (χ0v) is 36.3. The Bertz CT molecular complexity index is 1760. The van der Waals surface area contributed by atoms with E-state index in [9.17, 15) is 62.6 Å². The molecule has 2 saturated heterocycles. The number of carbonyl (C=O) groups is 12. The van der Waals surface area contributed by atoms with E-state index in [4.69, 9.17) is 11.5 Å². The summed E-state index contributed by atoms with van der Waals surface area (Å²) in [5.41, 5.74) is 10.6. The van der Waals surface area contributed by atoms with Gasteiger partial charge in [0.1, 0.15) is 48.3 Å². The molecule has 14 N–H and O–H groups in total. The quantitative estimate of drug-likeness (QED) is 0.103. The van der Waals surface area contributed by atoms with Crippen LogP contribution >= 0.6 is 0 Å². The van der Waals surface area contributed by atoms with Crippen LogP contribution in [0, 0.1) is 11.8 Å². The third-order valence-corrected chi connectivity index (χ3v) is 10.2. The van der Waals surface area contributed by atoms with Gasteiger partial charge in [-0.2, -0.15) is 0 Å². The van der Waals surface area contributed by atoms with Crippen molar-refractivity contribution in [3.8, 4) is 0 Å². The average Bonchev–Trinajstić information content (AvgIpc) is 3.71. The van der Waals surface area contributed by atoms with E-state index in [0.29, 0.717) is 6.42 Å². The van der Waals surface area contributed by atoms with Gasteiger partial charge in [-0.3, -0.25) is 57.5 Å². The number of nitrogens with two attached hydrogens (primary N) is 2. The maximum Gasteiger partial charge on any atom is 0.246 e. The van der Waals surface area contributed by atoms with Crippen LogP contribution in [0.2, 0.25) is 0 Å². The van der Waals surface area contributed by atoms with Gasteiger partial charge in [0.2, 0.25) is 70.9 Å². The Morgan fingerprint density at radius 3 is 1.71 bits per heavy atom. The fourth-order valence-electron chi connectivity index (χ4n) is 6.56. The highest BCUT2D eigenvalue weighted by molar-refractivity contribution is 5.99. The van der Waals surface area contributed by atoms with E-state index >= 15 is 0 Å². The van der Waals surface area contributed by atoms with Gasteiger partial charge >= 0.3 is 0 Å². The number of carbonyl (C=O) groups excluding carboxylic acids is 12. The van der Waals surface area contributed by atoms with Crippen LogP contribution in [0.5, 0.6) is 0 Å². The molecule has 2 fully saturated rings. The SMILES string of the molecule is CC[C@@H]1NC(=O)[C@H](C)NC(=O)CNC(=O)[C@H]2CCCN2C(=O)[C@H](C(C)C)NC(=O)[C@H](CO)NC(=O)[C@H](CCC(N)=O)NC(=O)CNC(=O)[C@H](CC(N)=O)NC(=O)[C@H](C(C)C)NC1=O. The van der Waals surface area contributed by atoms with Crippen LogP contribution < -0.4 is 59.3 Å². The second kappa shape index (κ2) is 24.9. The van der Waals surface area contributed by atoms with E-state index in [1.807, 2.05) is 0 Å². The normalized spacial score (nSPS) is 27.3. The molecule has 0 bridgehead atoms. The number of nitrogens with zero attached hydrogens (tertiary/aromatic N) is 1. The molecular weight excluding hydrogens is 832 g/mol. The number of fused-ring (bicyclic) bond motifs is 1. The van der Waals surface area contributed by atoms with E-state index in [1.165, 1.54) is 11.8 Å². The van der Waals surface area contributed by atoms with E-state index in [-0.39, 0.29) is 19.4 Å². The lowest BCUT2D eigenvalue weighted by Crippen LogP contribution is -2.61. The van der Waals surface area contributed by atoms with E-state index < -0.39 is 170 Å². The molecule has 0 unspecified atom stereocenters. The van der Waals surface area contributed by atoms with Crippen molar-refractivity contribution in [3.05, 3.63) is 0 Å². The van der Waals surface area contributed by atoms with Gasteiger partial charge in [0.25, 0.3) is 0 Å². The van der Waals surface area contributed by atoms with Gasteiger partial charge in [-0.15, -0.1) is 0 Å². The maximum absolute atomic E-state index is 13.8. The zero-order valence-electron chi connectivity index (χ0n) is 36.3. The minimum atomic E-state index is -1.70. The Labute approximate surface area is 363 Å². The first-order valence-corrected chi connectivity index (χ1v) is 20.6. The summed E-state index contributed by atoms with van der Waals surface area (Å²) >= 11 is 0. The van der Waals surface area contributed by atoms with Gasteiger partial charge < -0.3 is 69.3 Å². The van der Waals surface area contributed by atoms with Crippen molar-refractivity contribution in [2.45, 2.75) is 128 Å². The minimum absolute atomic E-state index is 0.0283. The van der Waals surface area contributed by atoms with Crippen LogP contribution in [0.15, 0.2) is 0 Å². The monoisotopic (exact) mass is 894 g/mol. The molecule has 0 spiro atoms. The smallest absolute Gasteiger partial charge is 0.246 e. The first-order chi connectivity index (χ1) is 29.5. The highest BCUT2D eigenvalue weighted by Gasteiger charge is 2.40. The number of rotatable bonds is 9. The standard InChI is InChI=1S/C38H62N12O13/c1-7-20-33(58)48-29(17(2)3)37(62)46-22(13-26(40)53)32(57)41-15-28(55)44-21(10-11-25(39)52)34(59)47-23(16-51)35(60)49-30(18(4)5)38(63)50-12-8-9-24(50)36(61)42-14-27(54)43-19(6)31(56)45-20/h17-24,29-30,51H,7-16H2,1-6H3,(H2,39,52)(H2,40,53)(H,41,57)(H,42,61)(H,43,54)(H,44,55)(H,45,56)(H,46,62)(H,47,59)(H,48,58)(H,49,60)/t19-,20-,21-,22-,23-,24+,29-,30-/m0/s1. The van der Waals surface area contributed by atoms with Gasteiger partial charge in [-0.05, 0) is 44.4 Å². The maximum atomic E-state index is 13.8. The number of hydrogen-bond donors (Lipinski definition) is 12. The lowest BCUT2D eigenvalue weighted by Gasteiger charge is -2.31. The number of primary amides is 2. The summed E-state index contributed by atoms with van der Waals surface area (Å²) in [5.74, 6) is -12.0. The van der Waals surface area contributed by atoms with Crippen LogP contribution in [-0.4, -0.2) is 155 Å². The summed E-state index contributed by atoms with van der Waals surface area (Å²) in [5, 5.41) is 31.5. The lowest BCUT2D eigenvalue weighted by molar-refractivity contribution is -0.143. The molecule has 0 aromatic heterocycles. The zero-order chi connectivity index (χ0) is 47.7. The summed E-state index contributed by atoms with van der Waals surface area (Å²) in [7, 11) is 0. The number of aliphatic hydroxyl groups is 1. The molecule has 0 radical (unpaired) electrons. The molecular formula is C38H62N12O13. The fraction of sp³-hybridized carbons (Fsp3) is 0.684. The summed E-state index contributed by atoms with van der Waals surface area (Å²) in [4.78, 5) is 158. The minimum Gasteiger partial charge on any atom is -0.394 e. The molecule has 25 nitrogen and oxygen atoms in total. The molecule has 8 atom stereocenters. The number of nitrogens with one attached hydrogen (secondary N) is 9. The summed E-state index contributed by atoms with van der Waals surface area (Å²) in [6, 6.07) is -11.1. The van der Waals surface area contributed by atoms with Crippen LogP contribution in [0.25, 0.3) is 0 Å². The highest BCUT2D eigenvalue weighted by atomic mass is 16.3. The second-order valence-electron chi connectivity index (χ2n) is 15.9. The Hall–Kier alpha value is -6.40. The molecule has 2 aliphatic heterocycles. The van der Waals surface area contributed by atoms with Crippen molar-refractivity contribution in [2.75, 3.05) is 26.2 Å². The molecule has 0 saturated carbocycles. The lowest BCUT2D eigenvalue weighted by atomic mass is 10.0. The third-order valence-electron chi connectivity index (χ3n) is 10.2. The Morgan fingerprint density at radius 1 is 0.635 bits per heavy atom. The average molecular weight is 895 g/mol. The summed E-state index contributed by atoms with van der Waals surface area (Å²) in [6.07, 6.45) is -0.966. The fourth-order valence-corrected chi connectivity index (χ4v) is 6.56. The molecule has 2 aliphatic rings. The van der Waals surface area contributed by atoms with Crippen molar-refractivity contribution < 1.29 is 62.6 Å². The summed E-state index contributed by atoms with van der Waals surface area (Å²) < 4.78 is 0. The number of aliphatic hydroxyl groups excluding tert-OH is 1. The second-order valence-corrected chi connectivity index (χ2v) is 15.9. The Balaban J connectivity index is 2.50. The molecule has 2 heterocycles. The van der Waals surface area contributed by atoms with Crippen molar-refractivity contribution in [2.24, 2.45) is 23.3 Å². The van der Waals surface area contributed by atoms with Crippen LogP contribution in [0.1, 0.15) is 80.1 Å². The Kier molecular flexibility index (Phi) is 20.8. The third kappa shape index (κ3) is 16.4. The van der Waals surface area contributed by atoms with Crippen molar-refractivity contribution in [1.82, 2.24) is 52.8 Å². The molecule has 0 aromatic rings. The van der Waals surface area contributed by atoms with Gasteiger partial charge in [-0.25, -0.2) is 0 Å². The molecule has 352 valence electrons. The first-order valence-electron chi connectivity index (χ1n) is 20.6. The Morgan fingerprint density at radius 2 is 1.16 bits per heavy atom. The number of amides is 12. The van der Waals surface area contributed by atoms with Gasteiger partial charge in [0, 0.05) is 13.0 Å². The number of hydrogen-bond acceptors (Lipinski definition) is 13. The van der Waals surface area contributed by atoms with Crippen molar-refractivity contribution in [3.63, 3.8) is 0 Å². The molecule has 2 rings (SSSR count). The van der Waals surface area contributed by atoms with E-state index in [0.717, 1.165) is 0 Å². The predicted octanol–water partition coefficient (Wildman–Crippen LogP) is -6.51. The molecule has 12 amide bonds. The molecule has 0 aromatic carbocycles. The van der Waals surface area contributed by atoms with E-state index in [1.54, 1.807) is 34.6 Å². The van der Waals surface area contributed by atoms with Gasteiger partial charge in [-0.1, -0.05) is 34.6 Å². The molecule has 63 heavy (non-hydrogen) atoms. The first kappa shape index (κ1) is 52.7. The largest absolute Gasteiger partial charge is 0.394 e. The van der Waals surface area contributed by atoms with Crippen LogP contribution in [0.3, 0.4) is 0 Å². The predicted molar refractivity (Wildman–Crippen MR) is 219 cm³/mol. The van der Waals surface area contributed by atoms with Crippen molar-refractivity contribution >= 4 is 70.9 Å². The van der Waals surface area contributed by atoms with Gasteiger partial charge in [0.05, 0.1) is 26.1 Å². The molecule has 0 aliphatic carbocycles. The highest BCUT2D eigenvalue weighted by Crippen LogP contribution is 2.20. The van der Waals surface area contributed by atoms with Gasteiger partial charge in [0.15, 0.2) is 0 Å². The molecule has 25 heteroatoms. The van der Waals surface area contributed by atoms with Crippen LogP contribution in [0.4, 0.5) is 0 Å². The van der Waals surface area contributed by atoms with E-state index in [2.05, 4.69) is 47.9 Å². The van der Waals surface area contributed by atoms with Crippen molar-refractivity contribution in [1.29, 1.82) is 0 Å².